The van der Waals surface area contributed by atoms with Crippen LogP contribution in [0.1, 0.15) is 11.1 Å². The number of rotatable bonds is 7. The summed E-state index contributed by atoms with van der Waals surface area (Å²) in [6.45, 7) is 1.56. The molecule has 6 heteroatoms. The minimum Gasteiger partial charge on any atom is -0.380 e. The van der Waals surface area contributed by atoms with Crippen LogP contribution in [0.25, 0.3) is 0 Å². The highest BCUT2D eigenvalue weighted by Crippen LogP contribution is 2.10. The van der Waals surface area contributed by atoms with Gasteiger partial charge >= 0.3 is 0 Å². The fourth-order valence-corrected chi connectivity index (χ4v) is 1.89. The van der Waals surface area contributed by atoms with Crippen molar-refractivity contribution in [2.75, 3.05) is 19.5 Å². The molecular formula is C15H20N4O2. The molecule has 0 bridgehead atoms. The first-order valence-electron chi connectivity index (χ1n) is 6.75. The topological polar surface area (TPSA) is 68.2 Å². The van der Waals surface area contributed by atoms with E-state index in [2.05, 4.69) is 40.0 Å². The number of ether oxygens (including phenoxy) is 1. The zero-order chi connectivity index (χ0) is 15.1. The Morgan fingerprint density at radius 2 is 2.00 bits per heavy atom. The van der Waals surface area contributed by atoms with E-state index >= 15 is 0 Å². The van der Waals surface area contributed by atoms with Gasteiger partial charge in [-0.1, -0.05) is 24.3 Å². The first-order chi connectivity index (χ1) is 10.2. The van der Waals surface area contributed by atoms with Crippen LogP contribution in [-0.2, 0) is 29.2 Å². The van der Waals surface area contributed by atoms with Gasteiger partial charge in [-0.15, -0.1) is 0 Å². The number of carbonyl (C=O) groups is 1. The summed E-state index contributed by atoms with van der Waals surface area (Å²) >= 11 is 0. The number of hydrogen-bond acceptors (Lipinski definition) is 4. The molecule has 0 aliphatic heterocycles. The molecule has 0 atom stereocenters. The lowest BCUT2D eigenvalue weighted by Crippen LogP contribution is -2.23. The minimum atomic E-state index is -0.0709. The van der Waals surface area contributed by atoms with E-state index in [0.29, 0.717) is 13.2 Å². The fraction of sp³-hybridized carbons (Fsp3) is 0.333. The van der Waals surface area contributed by atoms with Crippen molar-refractivity contribution in [3.8, 4) is 0 Å². The summed E-state index contributed by atoms with van der Waals surface area (Å²) in [5.41, 5.74) is 3.22. The maximum Gasteiger partial charge on any atom is 0.241 e. The van der Waals surface area contributed by atoms with Crippen LogP contribution in [0.4, 0.5) is 5.69 Å². The van der Waals surface area contributed by atoms with E-state index in [-0.39, 0.29) is 12.5 Å². The molecule has 0 saturated heterocycles. The molecule has 1 heterocycles. The summed E-state index contributed by atoms with van der Waals surface area (Å²) in [5, 5.41) is 9.98. The van der Waals surface area contributed by atoms with Crippen LogP contribution in [0.5, 0.6) is 0 Å². The lowest BCUT2D eigenvalue weighted by molar-refractivity contribution is -0.121. The number of anilines is 1. The average molecular weight is 288 g/mol. The Bertz CT molecular complexity index is 578. The molecule has 21 heavy (non-hydrogen) atoms. The molecule has 1 amide bonds. The quantitative estimate of drug-likeness (QED) is 0.808. The van der Waals surface area contributed by atoms with Gasteiger partial charge in [-0.05, 0) is 11.1 Å². The van der Waals surface area contributed by atoms with Gasteiger partial charge < -0.3 is 15.4 Å². The average Bonchev–Trinajstić information content (AvgIpc) is 2.94. The molecular weight excluding hydrogens is 268 g/mol. The number of nitrogens with zero attached hydrogens (tertiary/aromatic N) is 2. The van der Waals surface area contributed by atoms with Crippen LogP contribution in [0, 0.1) is 0 Å². The predicted molar refractivity (Wildman–Crippen MR) is 80.8 cm³/mol. The first kappa shape index (κ1) is 15.1. The second-order valence-corrected chi connectivity index (χ2v) is 4.70. The number of benzene rings is 1. The molecule has 0 aliphatic rings. The Morgan fingerprint density at radius 3 is 2.67 bits per heavy atom. The van der Waals surface area contributed by atoms with Crippen LogP contribution in [0.3, 0.4) is 0 Å². The van der Waals surface area contributed by atoms with Gasteiger partial charge in [0.05, 0.1) is 18.5 Å². The van der Waals surface area contributed by atoms with Gasteiger partial charge in [0.15, 0.2) is 0 Å². The predicted octanol–water partition coefficient (Wildman–Crippen LogP) is 1.39. The third-order valence-corrected chi connectivity index (χ3v) is 3.05. The third-order valence-electron chi connectivity index (χ3n) is 3.05. The molecule has 2 aromatic rings. The van der Waals surface area contributed by atoms with E-state index in [9.17, 15) is 4.79 Å². The number of aromatic nitrogens is 2. The molecule has 0 aliphatic carbocycles. The normalized spacial score (nSPS) is 10.4. The molecule has 2 N–H and O–H groups in total. The van der Waals surface area contributed by atoms with E-state index in [0.717, 1.165) is 11.3 Å². The number of methoxy groups -OCH3 is 1. The van der Waals surface area contributed by atoms with Gasteiger partial charge in [0.1, 0.15) is 6.54 Å². The van der Waals surface area contributed by atoms with Crippen molar-refractivity contribution < 1.29 is 9.53 Å². The summed E-state index contributed by atoms with van der Waals surface area (Å²) in [6, 6.07) is 8.23. The molecule has 2 rings (SSSR count). The zero-order valence-electron chi connectivity index (χ0n) is 12.3. The molecule has 1 aromatic heterocycles. The van der Waals surface area contributed by atoms with Crippen molar-refractivity contribution in [2.24, 2.45) is 0 Å². The standard InChI is InChI=1S/C15H20N4O2/c1-16-15(20)10-19-9-14(8-18-19)17-7-12-3-5-13(6-4-12)11-21-2/h3-6,8-9,17H,7,10-11H2,1-2H3,(H,16,20). The van der Waals surface area contributed by atoms with Crippen molar-refractivity contribution in [1.82, 2.24) is 15.1 Å². The molecule has 0 fully saturated rings. The Morgan fingerprint density at radius 1 is 1.29 bits per heavy atom. The summed E-state index contributed by atoms with van der Waals surface area (Å²) in [5.74, 6) is -0.0709. The number of amides is 1. The highest BCUT2D eigenvalue weighted by atomic mass is 16.5. The Balaban J connectivity index is 1.86. The van der Waals surface area contributed by atoms with Crippen LogP contribution >= 0.6 is 0 Å². The van der Waals surface area contributed by atoms with Crippen LogP contribution in [0.15, 0.2) is 36.7 Å². The second-order valence-electron chi connectivity index (χ2n) is 4.70. The largest absolute Gasteiger partial charge is 0.380 e. The molecule has 6 nitrogen and oxygen atoms in total. The number of likely N-dealkylation sites (N-methyl/N-ethyl adjacent to an activating group) is 1. The summed E-state index contributed by atoms with van der Waals surface area (Å²) in [4.78, 5) is 11.3. The van der Waals surface area contributed by atoms with Gasteiger partial charge in [-0.25, -0.2) is 0 Å². The number of hydrogen-bond donors (Lipinski definition) is 2. The van der Waals surface area contributed by atoms with E-state index in [1.807, 2.05) is 6.20 Å². The summed E-state index contributed by atoms with van der Waals surface area (Å²) < 4.78 is 6.68. The number of carbonyl (C=O) groups excluding carboxylic acids is 1. The minimum absolute atomic E-state index is 0.0709. The fourth-order valence-electron chi connectivity index (χ4n) is 1.89. The summed E-state index contributed by atoms with van der Waals surface area (Å²) in [6.07, 6.45) is 3.52. The van der Waals surface area contributed by atoms with Gasteiger partial charge in [0, 0.05) is 26.9 Å². The maximum atomic E-state index is 11.3. The van der Waals surface area contributed by atoms with Gasteiger partial charge in [0.25, 0.3) is 0 Å². The van der Waals surface area contributed by atoms with E-state index in [1.54, 1.807) is 25.0 Å². The summed E-state index contributed by atoms with van der Waals surface area (Å²) in [7, 11) is 3.30. The molecule has 0 saturated carbocycles. The molecule has 112 valence electrons. The first-order valence-corrected chi connectivity index (χ1v) is 6.75. The lowest BCUT2D eigenvalue weighted by Gasteiger charge is -2.05. The van der Waals surface area contributed by atoms with Crippen molar-refractivity contribution in [2.45, 2.75) is 19.7 Å². The SMILES string of the molecule is CNC(=O)Cn1cc(NCc2ccc(COC)cc2)cn1. The van der Waals surface area contributed by atoms with Crippen molar-refractivity contribution in [3.05, 3.63) is 47.8 Å². The Labute approximate surface area is 124 Å². The van der Waals surface area contributed by atoms with Gasteiger partial charge in [-0.2, -0.15) is 5.10 Å². The van der Waals surface area contributed by atoms with E-state index in [1.165, 1.54) is 5.56 Å². The van der Waals surface area contributed by atoms with Gasteiger partial charge in [0.2, 0.25) is 5.91 Å². The monoisotopic (exact) mass is 288 g/mol. The smallest absolute Gasteiger partial charge is 0.241 e. The molecule has 0 radical (unpaired) electrons. The Kier molecular flexibility index (Phi) is 5.34. The molecule has 0 unspecified atom stereocenters. The zero-order valence-corrected chi connectivity index (χ0v) is 12.3. The lowest BCUT2D eigenvalue weighted by atomic mass is 10.1. The van der Waals surface area contributed by atoms with Crippen molar-refractivity contribution in [3.63, 3.8) is 0 Å². The maximum absolute atomic E-state index is 11.3. The highest BCUT2D eigenvalue weighted by Gasteiger charge is 2.02. The second kappa shape index (κ2) is 7.44. The highest BCUT2D eigenvalue weighted by molar-refractivity contribution is 5.75. The molecule has 1 aromatic carbocycles. The van der Waals surface area contributed by atoms with Crippen LogP contribution < -0.4 is 10.6 Å². The Hall–Kier alpha value is -2.34. The number of nitrogens with one attached hydrogen (secondary N) is 2. The van der Waals surface area contributed by atoms with Crippen LogP contribution in [0.2, 0.25) is 0 Å². The van der Waals surface area contributed by atoms with Crippen molar-refractivity contribution >= 4 is 11.6 Å². The van der Waals surface area contributed by atoms with Gasteiger partial charge in [-0.3, -0.25) is 9.48 Å². The van der Waals surface area contributed by atoms with E-state index < -0.39 is 0 Å². The van der Waals surface area contributed by atoms with Crippen LogP contribution in [-0.4, -0.2) is 29.8 Å². The molecule has 0 spiro atoms. The third kappa shape index (κ3) is 4.61. The van der Waals surface area contributed by atoms with E-state index in [4.69, 9.17) is 4.74 Å². The van der Waals surface area contributed by atoms with Crippen molar-refractivity contribution in [1.29, 1.82) is 0 Å².